The van der Waals surface area contributed by atoms with Crippen LogP contribution >= 0.6 is 23.1 Å². The molecule has 0 bridgehead atoms. The van der Waals surface area contributed by atoms with E-state index in [1.807, 2.05) is 29.6 Å². The summed E-state index contributed by atoms with van der Waals surface area (Å²) in [4.78, 5) is 15.4. The van der Waals surface area contributed by atoms with Crippen molar-refractivity contribution < 1.29 is 4.79 Å². The Morgan fingerprint density at radius 2 is 2.30 bits per heavy atom. The first kappa shape index (κ1) is 13.6. The van der Waals surface area contributed by atoms with E-state index in [2.05, 4.69) is 9.47 Å². The van der Waals surface area contributed by atoms with Crippen LogP contribution in [0.4, 0.5) is 0 Å². The molecule has 1 unspecified atom stereocenters. The van der Waals surface area contributed by atoms with Crippen molar-refractivity contribution >= 4 is 29.0 Å². The lowest BCUT2D eigenvalue weighted by molar-refractivity contribution is 0.0786. The molecular formula is C13H15ClN4OS. The van der Waals surface area contributed by atoms with Gasteiger partial charge in [-0.3, -0.25) is 9.48 Å². The first-order chi connectivity index (χ1) is 9.56. The molecule has 0 spiro atoms. The number of amides is 1. The number of likely N-dealkylation sites (tertiary alicyclic amines) is 1. The number of rotatable bonds is 2. The number of halogens is 1. The SMILES string of the molecule is Cc1nsc(C)c1C(=O)N1CCC(n2cc(Cl)cn2)C1. The maximum Gasteiger partial charge on any atom is 0.256 e. The van der Waals surface area contributed by atoms with E-state index in [1.54, 1.807) is 6.20 Å². The molecule has 2 aromatic rings. The van der Waals surface area contributed by atoms with Crippen LogP contribution in [0.15, 0.2) is 12.4 Å². The topological polar surface area (TPSA) is 51.0 Å². The molecule has 0 N–H and O–H groups in total. The quantitative estimate of drug-likeness (QED) is 0.857. The maximum absolute atomic E-state index is 12.6. The molecule has 1 atom stereocenters. The Balaban J connectivity index is 1.76. The van der Waals surface area contributed by atoms with E-state index in [0.717, 1.165) is 29.1 Å². The van der Waals surface area contributed by atoms with Gasteiger partial charge in [0.05, 0.1) is 28.5 Å². The number of nitrogens with zero attached hydrogens (tertiary/aromatic N) is 4. The van der Waals surface area contributed by atoms with E-state index in [0.29, 0.717) is 11.6 Å². The average molecular weight is 311 g/mol. The van der Waals surface area contributed by atoms with Crippen molar-refractivity contribution in [2.75, 3.05) is 13.1 Å². The van der Waals surface area contributed by atoms with Crippen molar-refractivity contribution in [1.29, 1.82) is 0 Å². The van der Waals surface area contributed by atoms with Gasteiger partial charge in [-0.15, -0.1) is 0 Å². The van der Waals surface area contributed by atoms with Crippen molar-refractivity contribution in [2.24, 2.45) is 0 Å². The number of hydrogen-bond donors (Lipinski definition) is 0. The number of aromatic nitrogens is 3. The minimum Gasteiger partial charge on any atom is -0.336 e. The van der Waals surface area contributed by atoms with Gasteiger partial charge in [0.1, 0.15) is 0 Å². The van der Waals surface area contributed by atoms with Gasteiger partial charge in [-0.05, 0) is 31.8 Å². The second-order valence-electron chi connectivity index (χ2n) is 5.03. The summed E-state index contributed by atoms with van der Waals surface area (Å²) < 4.78 is 6.10. The van der Waals surface area contributed by atoms with Crippen LogP contribution in [-0.2, 0) is 0 Å². The first-order valence-electron chi connectivity index (χ1n) is 6.48. The minimum atomic E-state index is 0.0782. The standard InChI is InChI=1S/C13H15ClN4OS/c1-8-12(9(2)20-16-8)13(19)17-4-3-11(7-17)18-6-10(14)5-15-18/h5-6,11H,3-4,7H2,1-2H3. The summed E-state index contributed by atoms with van der Waals surface area (Å²) in [7, 11) is 0. The predicted molar refractivity (Wildman–Crippen MR) is 78.4 cm³/mol. The summed E-state index contributed by atoms with van der Waals surface area (Å²) >= 11 is 7.28. The third kappa shape index (κ3) is 2.33. The van der Waals surface area contributed by atoms with Crippen molar-refractivity contribution in [2.45, 2.75) is 26.3 Å². The molecule has 3 heterocycles. The molecule has 20 heavy (non-hydrogen) atoms. The Hall–Kier alpha value is -1.40. The Labute approximate surface area is 126 Å². The van der Waals surface area contributed by atoms with Gasteiger partial charge in [0.2, 0.25) is 0 Å². The normalized spacial score (nSPS) is 18.8. The monoisotopic (exact) mass is 310 g/mol. The van der Waals surface area contributed by atoms with Gasteiger partial charge in [-0.1, -0.05) is 11.6 Å². The van der Waals surface area contributed by atoms with Crippen molar-refractivity contribution in [3.8, 4) is 0 Å². The number of aryl methyl sites for hydroxylation is 2. The summed E-state index contributed by atoms with van der Waals surface area (Å²) in [5.41, 5.74) is 1.58. The summed E-state index contributed by atoms with van der Waals surface area (Å²) in [6.45, 7) is 5.25. The van der Waals surface area contributed by atoms with E-state index in [9.17, 15) is 4.79 Å². The van der Waals surface area contributed by atoms with Gasteiger partial charge in [0.15, 0.2) is 0 Å². The Kier molecular flexibility index (Phi) is 3.52. The molecule has 106 valence electrons. The molecule has 0 aliphatic carbocycles. The highest BCUT2D eigenvalue weighted by atomic mass is 35.5. The average Bonchev–Trinajstić information content (AvgIpc) is 3.10. The smallest absolute Gasteiger partial charge is 0.256 e. The van der Waals surface area contributed by atoms with Gasteiger partial charge in [0.25, 0.3) is 5.91 Å². The molecule has 7 heteroatoms. The summed E-state index contributed by atoms with van der Waals surface area (Å²) in [6.07, 6.45) is 4.34. The highest BCUT2D eigenvalue weighted by molar-refractivity contribution is 7.06. The Bertz CT molecular complexity index is 631. The molecule has 1 amide bonds. The second-order valence-corrected chi connectivity index (χ2v) is 6.45. The zero-order valence-electron chi connectivity index (χ0n) is 11.3. The molecule has 1 aliphatic heterocycles. The molecule has 1 fully saturated rings. The number of hydrogen-bond acceptors (Lipinski definition) is 4. The lowest BCUT2D eigenvalue weighted by Gasteiger charge is -2.17. The van der Waals surface area contributed by atoms with Crippen LogP contribution in [-0.4, -0.2) is 38.1 Å². The number of carbonyl (C=O) groups is 1. The molecule has 2 aromatic heterocycles. The van der Waals surface area contributed by atoms with Crippen LogP contribution in [0.3, 0.4) is 0 Å². The van der Waals surface area contributed by atoms with E-state index < -0.39 is 0 Å². The van der Waals surface area contributed by atoms with Gasteiger partial charge in [-0.2, -0.15) is 9.47 Å². The molecule has 1 saturated heterocycles. The van der Waals surface area contributed by atoms with Crippen LogP contribution in [0.5, 0.6) is 0 Å². The molecule has 0 radical (unpaired) electrons. The highest BCUT2D eigenvalue weighted by Crippen LogP contribution is 2.26. The largest absolute Gasteiger partial charge is 0.336 e. The third-order valence-corrected chi connectivity index (χ3v) is 4.68. The summed E-state index contributed by atoms with van der Waals surface area (Å²) in [5, 5.41) is 4.85. The Morgan fingerprint density at radius 3 is 2.90 bits per heavy atom. The molecule has 5 nitrogen and oxygen atoms in total. The van der Waals surface area contributed by atoms with Crippen molar-refractivity contribution in [3.63, 3.8) is 0 Å². The zero-order chi connectivity index (χ0) is 14.3. The molecule has 3 rings (SSSR count). The van der Waals surface area contributed by atoms with E-state index >= 15 is 0 Å². The fraction of sp³-hybridized carbons (Fsp3) is 0.462. The molecule has 0 saturated carbocycles. The van der Waals surface area contributed by atoms with Gasteiger partial charge in [0, 0.05) is 24.2 Å². The van der Waals surface area contributed by atoms with Gasteiger partial charge < -0.3 is 4.90 Å². The molecule has 0 aromatic carbocycles. The second kappa shape index (κ2) is 5.18. The fourth-order valence-corrected chi connectivity index (χ4v) is 3.44. The van der Waals surface area contributed by atoms with Crippen LogP contribution in [0.1, 0.15) is 33.4 Å². The highest BCUT2D eigenvalue weighted by Gasteiger charge is 2.30. The van der Waals surface area contributed by atoms with Crippen molar-refractivity contribution in [1.82, 2.24) is 19.1 Å². The zero-order valence-corrected chi connectivity index (χ0v) is 12.9. The van der Waals surface area contributed by atoms with E-state index in [1.165, 1.54) is 11.5 Å². The van der Waals surface area contributed by atoms with E-state index in [-0.39, 0.29) is 11.9 Å². The fourth-order valence-electron chi connectivity index (χ4n) is 2.60. The Morgan fingerprint density at radius 1 is 1.50 bits per heavy atom. The molecular weight excluding hydrogens is 296 g/mol. The maximum atomic E-state index is 12.6. The van der Waals surface area contributed by atoms with Crippen LogP contribution in [0, 0.1) is 13.8 Å². The predicted octanol–water partition coefficient (Wildman–Crippen LogP) is 2.70. The van der Waals surface area contributed by atoms with Gasteiger partial charge in [-0.25, -0.2) is 0 Å². The number of carbonyl (C=O) groups excluding carboxylic acids is 1. The van der Waals surface area contributed by atoms with Crippen LogP contribution < -0.4 is 0 Å². The first-order valence-corrected chi connectivity index (χ1v) is 7.63. The third-order valence-electron chi connectivity index (χ3n) is 3.64. The van der Waals surface area contributed by atoms with Gasteiger partial charge >= 0.3 is 0 Å². The van der Waals surface area contributed by atoms with Crippen LogP contribution in [0.25, 0.3) is 0 Å². The van der Waals surface area contributed by atoms with Crippen molar-refractivity contribution in [3.05, 3.63) is 33.6 Å². The van der Waals surface area contributed by atoms with E-state index in [4.69, 9.17) is 11.6 Å². The lowest BCUT2D eigenvalue weighted by atomic mass is 10.2. The lowest BCUT2D eigenvalue weighted by Crippen LogP contribution is -2.29. The summed E-state index contributed by atoms with van der Waals surface area (Å²) in [6, 6.07) is 0.207. The minimum absolute atomic E-state index is 0.0782. The molecule has 1 aliphatic rings. The van der Waals surface area contributed by atoms with Crippen LogP contribution in [0.2, 0.25) is 5.02 Å². The summed E-state index contributed by atoms with van der Waals surface area (Å²) in [5.74, 6) is 0.0782.